The maximum Gasteiger partial charge on any atom is 0.138 e. The van der Waals surface area contributed by atoms with E-state index in [2.05, 4.69) is 22.3 Å². The van der Waals surface area contributed by atoms with Gasteiger partial charge in [0.1, 0.15) is 12.7 Å². The lowest BCUT2D eigenvalue weighted by atomic mass is 10.1. The first kappa shape index (κ1) is 11.1. The van der Waals surface area contributed by atoms with Crippen molar-refractivity contribution in [3.63, 3.8) is 0 Å². The van der Waals surface area contributed by atoms with Gasteiger partial charge in [-0.2, -0.15) is 5.10 Å². The molecule has 0 amide bonds. The Morgan fingerprint density at radius 2 is 2.25 bits per heavy atom. The highest BCUT2D eigenvalue weighted by Gasteiger charge is 2.08. The maximum atomic E-state index is 6.22. The number of aromatic nitrogens is 3. The second-order valence-electron chi connectivity index (χ2n) is 3.56. The fourth-order valence-electron chi connectivity index (χ4n) is 1.51. The third-order valence-electron chi connectivity index (χ3n) is 2.57. The molecule has 5 heteroatoms. The number of nitrogens with zero attached hydrogens (tertiary/aromatic N) is 3. The minimum Gasteiger partial charge on any atom is -0.313 e. The van der Waals surface area contributed by atoms with Crippen LogP contribution in [0.3, 0.4) is 0 Å². The second-order valence-corrected chi connectivity index (χ2v) is 3.96. The Hall–Kier alpha value is -1.39. The summed E-state index contributed by atoms with van der Waals surface area (Å²) in [6, 6.07) is 6.10. The predicted octanol–water partition coefficient (Wildman–Crippen LogP) is 2.20. The number of nitrogens with one attached hydrogen (secondary N) is 1. The van der Waals surface area contributed by atoms with E-state index in [1.807, 2.05) is 25.2 Å². The van der Waals surface area contributed by atoms with Crippen LogP contribution in [0.1, 0.15) is 18.5 Å². The predicted molar refractivity (Wildman–Crippen MR) is 63.8 cm³/mol. The van der Waals surface area contributed by atoms with Gasteiger partial charge in [-0.15, -0.1) is 0 Å². The molecular weight excluding hydrogens is 224 g/mol. The molecule has 4 nitrogen and oxygen atoms in total. The first-order valence-corrected chi connectivity index (χ1v) is 5.42. The molecule has 0 fully saturated rings. The van der Waals surface area contributed by atoms with Crippen LogP contribution in [0.4, 0.5) is 0 Å². The van der Waals surface area contributed by atoms with Gasteiger partial charge in [0.25, 0.3) is 0 Å². The monoisotopic (exact) mass is 236 g/mol. The Bertz CT molecular complexity index is 467. The molecule has 0 spiro atoms. The molecule has 0 saturated heterocycles. The fourth-order valence-corrected chi connectivity index (χ4v) is 1.85. The minimum atomic E-state index is 0.234. The molecule has 1 N–H and O–H groups in total. The fraction of sp³-hybridized carbons (Fsp3) is 0.273. The van der Waals surface area contributed by atoms with E-state index in [1.165, 1.54) is 6.33 Å². The van der Waals surface area contributed by atoms with Crippen molar-refractivity contribution in [2.75, 3.05) is 7.05 Å². The Morgan fingerprint density at radius 3 is 2.81 bits per heavy atom. The standard InChI is InChI=1S/C11H13ClN4/c1-8(13-2)10-4-3-9(5-11(10)12)16-7-14-6-15-16/h3-8,13H,1-2H3. The number of hydrogen-bond acceptors (Lipinski definition) is 3. The summed E-state index contributed by atoms with van der Waals surface area (Å²) >= 11 is 6.22. The summed E-state index contributed by atoms with van der Waals surface area (Å²) < 4.78 is 1.68. The Morgan fingerprint density at radius 1 is 1.44 bits per heavy atom. The van der Waals surface area contributed by atoms with Gasteiger partial charge in [0.05, 0.1) is 5.69 Å². The molecule has 0 aliphatic rings. The highest BCUT2D eigenvalue weighted by Crippen LogP contribution is 2.24. The molecule has 2 aromatic rings. The summed E-state index contributed by atoms with van der Waals surface area (Å²) in [5.41, 5.74) is 1.99. The normalized spacial score (nSPS) is 12.7. The molecule has 1 unspecified atom stereocenters. The van der Waals surface area contributed by atoms with Gasteiger partial charge >= 0.3 is 0 Å². The molecule has 0 bridgehead atoms. The molecule has 0 radical (unpaired) electrons. The molecule has 2 rings (SSSR count). The van der Waals surface area contributed by atoms with E-state index in [4.69, 9.17) is 11.6 Å². The van der Waals surface area contributed by atoms with Crippen molar-refractivity contribution < 1.29 is 0 Å². The Balaban J connectivity index is 2.37. The molecule has 1 aromatic carbocycles. The van der Waals surface area contributed by atoms with Crippen LogP contribution in [0.5, 0.6) is 0 Å². The van der Waals surface area contributed by atoms with Crippen molar-refractivity contribution in [1.82, 2.24) is 20.1 Å². The molecular formula is C11H13ClN4. The lowest BCUT2D eigenvalue weighted by Crippen LogP contribution is -2.12. The zero-order valence-corrected chi connectivity index (χ0v) is 9.94. The third-order valence-corrected chi connectivity index (χ3v) is 2.89. The maximum absolute atomic E-state index is 6.22. The van der Waals surface area contributed by atoms with Crippen molar-refractivity contribution in [1.29, 1.82) is 0 Å². The average molecular weight is 237 g/mol. The quantitative estimate of drug-likeness (QED) is 0.889. The first-order valence-electron chi connectivity index (χ1n) is 5.04. The molecule has 1 heterocycles. The molecule has 1 atom stereocenters. The molecule has 84 valence electrons. The average Bonchev–Trinajstić information content (AvgIpc) is 2.81. The smallest absolute Gasteiger partial charge is 0.138 e. The van der Waals surface area contributed by atoms with Gasteiger partial charge in [0, 0.05) is 11.1 Å². The van der Waals surface area contributed by atoms with Crippen LogP contribution in [0.2, 0.25) is 5.02 Å². The van der Waals surface area contributed by atoms with Crippen molar-refractivity contribution in [3.05, 3.63) is 41.4 Å². The Labute approximate surface area is 99.3 Å². The highest BCUT2D eigenvalue weighted by atomic mass is 35.5. The summed E-state index contributed by atoms with van der Waals surface area (Å²) in [7, 11) is 1.91. The van der Waals surface area contributed by atoms with Crippen LogP contribution in [0.25, 0.3) is 5.69 Å². The lowest BCUT2D eigenvalue weighted by molar-refractivity contribution is 0.652. The van der Waals surface area contributed by atoms with E-state index < -0.39 is 0 Å². The van der Waals surface area contributed by atoms with E-state index in [0.29, 0.717) is 0 Å². The second kappa shape index (κ2) is 4.63. The van der Waals surface area contributed by atoms with Gasteiger partial charge in [-0.25, -0.2) is 9.67 Å². The summed E-state index contributed by atoms with van der Waals surface area (Å²) in [5, 5.41) is 7.94. The summed E-state index contributed by atoms with van der Waals surface area (Å²) in [4.78, 5) is 3.90. The number of halogens is 1. The summed E-state index contributed by atoms with van der Waals surface area (Å²) in [5.74, 6) is 0. The van der Waals surface area contributed by atoms with Crippen LogP contribution >= 0.6 is 11.6 Å². The minimum absolute atomic E-state index is 0.234. The van der Waals surface area contributed by atoms with Gasteiger partial charge in [0.2, 0.25) is 0 Å². The molecule has 1 aromatic heterocycles. The van der Waals surface area contributed by atoms with Crippen molar-refractivity contribution in [2.45, 2.75) is 13.0 Å². The largest absolute Gasteiger partial charge is 0.313 e. The third kappa shape index (κ3) is 2.08. The van der Waals surface area contributed by atoms with E-state index >= 15 is 0 Å². The SMILES string of the molecule is CNC(C)c1ccc(-n2cncn2)cc1Cl. The van der Waals surface area contributed by atoms with E-state index in [0.717, 1.165) is 16.3 Å². The van der Waals surface area contributed by atoms with Gasteiger partial charge in [-0.1, -0.05) is 17.7 Å². The number of rotatable bonds is 3. The number of benzene rings is 1. The molecule has 0 aliphatic carbocycles. The highest BCUT2D eigenvalue weighted by molar-refractivity contribution is 6.31. The zero-order valence-electron chi connectivity index (χ0n) is 9.18. The lowest BCUT2D eigenvalue weighted by Gasteiger charge is -2.13. The molecule has 16 heavy (non-hydrogen) atoms. The molecule has 0 saturated carbocycles. The van der Waals surface area contributed by atoms with E-state index in [-0.39, 0.29) is 6.04 Å². The van der Waals surface area contributed by atoms with Crippen LogP contribution < -0.4 is 5.32 Å². The van der Waals surface area contributed by atoms with E-state index in [1.54, 1.807) is 11.0 Å². The van der Waals surface area contributed by atoms with Crippen LogP contribution in [-0.4, -0.2) is 21.8 Å². The van der Waals surface area contributed by atoms with Crippen LogP contribution in [-0.2, 0) is 0 Å². The summed E-state index contributed by atoms with van der Waals surface area (Å²) in [6.07, 6.45) is 3.14. The van der Waals surface area contributed by atoms with Crippen LogP contribution in [0.15, 0.2) is 30.9 Å². The van der Waals surface area contributed by atoms with Gasteiger partial charge in [0.15, 0.2) is 0 Å². The zero-order chi connectivity index (χ0) is 11.5. The summed E-state index contributed by atoms with van der Waals surface area (Å²) in [6.45, 7) is 2.07. The number of hydrogen-bond donors (Lipinski definition) is 1. The van der Waals surface area contributed by atoms with Crippen molar-refractivity contribution >= 4 is 11.6 Å². The van der Waals surface area contributed by atoms with E-state index in [9.17, 15) is 0 Å². The molecule has 0 aliphatic heterocycles. The van der Waals surface area contributed by atoms with Gasteiger partial charge in [-0.05, 0) is 31.7 Å². The van der Waals surface area contributed by atoms with Gasteiger partial charge < -0.3 is 5.32 Å². The first-order chi connectivity index (χ1) is 7.72. The topological polar surface area (TPSA) is 42.7 Å². The van der Waals surface area contributed by atoms with Gasteiger partial charge in [-0.3, -0.25) is 0 Å². The van der Waals surface area contributed by atoms with Crippen molar-refractivity contribution in [3.8, 4) is 5.69 Å². The van der Waals surface area contributed by atoms with Crippen molar-refractivity contribution in [2.24, 2.45) is 0 Å². The van der Waals surface area contributed by atoms with Crippen LogP contribution in [0, 0.1) is 0 Å². The Kier molecular flexibility index (Phi) is 3.22.